The van der Waals surface area contributed by atoms with Crippen LogP contribution < -0.4 is 10.3 Å². The summed E-state index contributed by atoms with van der Waals surface area (Å²) in [5, 5.41) is 0.504. The van der Waals surface area contributed by atoms with Gasteiger partial charge in [0.05, 0.1) is 31.9 Å². The van der Waals surface area contributed by atoms with Gasteiger partial charge in [0, 0.05) is 5.39 Å². The van der Waals surface area contributed by atoms with E-state index in [9.17, 15) is 18.8 Å². The van der Waals surface area contributed by atoms with Gasteiger partial charge in [-0.05, 0) is 36.8 Å². The van der Waals surface area contributed by atoms with Crippen molar-refractivity contribution in [2.24, 2.45) is 0 Å². The Kier molecular flexibility index (Phi) is 7.64. The molecule has 0 saturated carbocycles. The van der Waals surface area contributed by atoms with Crippen LogP contribution in [0.2, 0.25) is 0 Å². The molecule has 0 radical (unpaired) electrons. The van der Waals surface area contributed by atoms with Crippen molar-refractivity contribution in [1.29, 1.82) is 0 Å². The van der Waals surface area contributed by atoms with Crippen molar-refractivity contribution < 1.29 is 37.7 Å². The molecular formula is C27H25ClFNO8. The van der Waals surface area contributed by atoms with Crippen LogP contribution in [0, 0.1) is 5.82 Å². The second kappa shape index (κ2) is 11.1. The second-order valence-corrected chi connectivity index (χ2v) is 9.14. The van der Waals surface area contributed by atoms with Crippen molar-refractivity contribution in [2.75, 3.05) is 25.7 Å². The highest BCUT2D eigenvalue weighted by Crippen LogP contribution is 2.35. The number of benzene rings is 2. The van der Waals surface area contributed by atoms with E-state index in [4.69, 9.17) is 35.3 Å². The van der Waals surface area contributed by atoms with Crippen LogP contribution in [0.4, 0.5) is 4.39 Å². The Balaban J connectivity index is 1.55. The van der Waals surface area contributed by atoms with Crippen molar-refractivity contribution in [2.45, 2.75) is 37.9 Å². The fraction of sp³-hybridized carbons (Fsp3) is 0.370. The number of nitrogens with zero attached hydrogens (tertiary/aromatic N) is 1. The van der Waals surface area contributed by atoms with E-state index in [1.54, 1.807) is 43.3 Å². The lowest BCUT2D eigenvalue weighted by Crippen LogP contribution is -2.37. The first-order valence-corrected chi connectivity index (χ1v) is 12.7. The lowest BCUT2D eigenvalue weighted by atomic mass is 10.1. The van der Waals surface area contributed by atoms with Crippen LogP contribution in [0.1, 0.15) is 22.8 Å². The molecule has 0 bridgehead atoms. The lowest BCUT2D eigenvalue weighted by Gasteiger charge is -2.22. The third-order valence-corrected chi connectivity index (χ3v) is 6.70. The van der Waals surface area contributed by atoms with Crippen LogP contribution >= 0.6 is 11.6 Å². The van der Waals surface area contributed by atoms with Gasteiger partial charge in [-0.1, -0.05) is 24.3 Å². The molecule has 0 aliphatic carbocycles. The van der Waals surface area contributed by atoms with E-state index in [-0.39, 0.29) is 43.6 Å². The van der Waals surface area contributed by atoms with Crippen molar-refractivity contribution in [3.8, 4) is 5.75 Å². The molecule has 3 heterocycles. The van der Waals surface area contributed by atoms with Gasteiger partial charge in [-0.15, -0.1) is 11.6 Å². The topological polar surface area (TPSA) is 102 Å². The number of ether oxygens (including phenoxy) is 5. The van der Waals surface area contributed by atoms with E-state index in [0.29, 0.717) is 16.5 Å². The summed E-state index contributed by atoms with van der Waals surface area (Å²) >= 11 is 5.55. The normalized spacial score (nSPS) is 22.3. The molecule has 38 heavy (non-hydrogen) atoms. The molecule has 2 aliphatic rings. The molecule has 4 atom stereocenters. The third kappa shape index (κ3) is 4.99. The number of carbonyl (C=O) groups excluding carboxylic acids is 2. The van der Waals surface area contributed by atoms with Gasteiger partial charge in [0.1, 0.15) is 29.7 Å². The first kappa shape index (κ1) is 26.1. The fourth-order valence-electron chi connectivity index (χ4n) is 4.80. The molecule has 5 rings (SSSR count). The first-order chi connectivity index (χ1) is 18.4. The molecular weight excluding hydrogens is 521 g/mol. The Labute approximate surface area is 221 Å². The summed E-state index contributed by atoms with van der Waals surface area (Å²) in [4.78, 5) is 38.5. The van der Waals surface area contributed by atoms with Gasteiger partial charge < -0.3 is 28.3 Å². The molecule has 0 amide bonds. The summed E-state index contributed by atoms with van der Waals surface area (Å²) in [5.41, 5.74) is 0.310. The highest BCUT2D eigenvalue weighted by atomic mass is 35.5. The molecule has 0 spiro atoms. The van der Waals surface area contributed by atoms with Gasteiger partial charge >= 0.3 is 11.9 Å². The number of hydrogen-bond donors (Lipinski definition) is 0. The van der Waals surface area contributed by atoms with Crippen molar-refractivity contribution in [3.05, 3.63) is 75.8 Å². The SMILES string of the molecule is CCOC(=O)c1c(O[C@H]2CO[C@H]3[C@@H]2OC[C@@H]3OC(=O)CCl)c2ccccc2n(Cc2ccc(F)cc2)c1=O. The van der Waals surface area contributed by atoms with Crippen LogP contribution in [0.3, 0.4) is 0 Å². The Morgan fingerprint density at radius 3 is 2.45 bits per heavy atom. The Hall–Kier alpha value is -3.47. The van der Waals surface area contributed by atoms with Crippen LogP contribution in [-0.2, 0) is 30.3 Å². The molecule has 9 nitrogen and oxygen atoms in total. The molecule has 0 N–H and O–H groups in total. The van der Waals surface area contributed by atoms with Crippen molar-refractivity contribution in [1.82, 2.24) is 4.57 Å². The maximum Gasteiger partial charge on any atom is 0.347 e. The number of esters is 2. The molecule has 2 aliphatic heterocycles. The number of hydrogen-bond acceptors (Lipinski definition) is 8. The van der Waals surface area contributed by atoms with E-state index < -0.39 is 47.7 Å². The Morgan fingerprint density at radius 1 is 1.05 bits per heavy atom. The summed E-state index contributed by atoms with van der Waals surface area (Å²) in [7, 11) is 0. The summed E-state index contributed by atoms with van der Waals surface area (Å²) in [6.07, 6.45) is -2.52. The minimum absolute atomic E-state index is 0.0521. The van der Waals surface area contributed by atoms with Gasteiger partial charge in [0.2, 0.25) is 0 Å². The predicted octanol–water partition coefficient (Wildman–Crippen LogP) is 3.06. The van der Waals surface area contributed by atoms with E-state index in [2.05, 4.69) is 0 Å². The lowest BCUT2D eigenvalue weighted by molar-refractivity contribution is -0.150. The molecule has 2 saturated heterocycles. The highest BCUT2D eigenvalue weighted by molar-refractivity contribution is 6.26. The zero-order valence-electron chi connectivity index (χ0n) is 20.4. The predicted molar refractivity (Wildman–Crippen MR) is 134 cm³/mol. The Bertz CT molecular complexity index is 1410. The average Bonchev–Trinajstić information content (AvgIpc) is 3.50. The molecule has 1 aromatic heterocycles. The zero-order valence-corrected chi connectivity index (χ0v) is 21.2. The third-order valence-electron chi connectivity index (χ3n) is 6.48. The van der Waals surface area contributed by atoms with Gasteiger partial charge in [0.25, 0.3) is 5.56 Å². The fourth-order valence-corrected chi connectivity index (χ4v) is 4.86. The summed E-state index contributed by atoms with van der Waals surface area (Å²) in [5.74, 6) is -2.06. The first-order valence-electron chi connectivity index (χ1n) is 12.1. The summed E-state index contributed by atoms with van der Waals surface area (Å²) in [6, 6.07) is 12.8. The molecule has 0 unspecified atom stereocenters. The van der Waals surface area contributed by atoms with Crippen LogP contribution in [0.5, 0.6) is 5.75 Å². The van der Waals surface area contributed by atoms with Crippen LogP contribution in [0.25, 0.3) is 10.9 Å². The number of aromatic nitrogens is 1. The maximum atomic E-state index is 13.8. The molecule has 2 aromatic carbocycles. The zero-order chi connectivity index (χ0) is 26.8. The van der Waals surface area contributed by atoms with Gasteiger partial charge in [0.15, 0.2) is 17.8 Å². The van der Waals surface area contributed by atoms with Crippen molar-refractivity contribution >= 4 is 34.4 Å². The van der Waals surface area contributed by atoms with E-state index in [0.717, 1.165) is 0 Å². The van der Waals surface area contributed by atoms with Crippen LogP contribution in [0.15, 0.2) is 53.3 Å². The monoisotopic (exact) mass is 545 g/mol. The smallest absolute Gasteiger partial charge is 0.347 e. The quantitative estimate of drug-likeness (QED) is 0.314. The highest BCUT2D eigenvalue weighted by Gasteiger charge is 2.51. The van der Waals surface area contributed by atoms with Gasteiger partial charge in [-0.3, -0.25) is 9.59 Å². The minimum Gasteiger partial charge on any atom is -0.483 e. The number of pyridine rings is 1. The second-order valence-electron chi connectivity index (χ2n) is 8.87. The van der Waals surface area contributed by atoms with Gasteiger partial charge in [-0.2, -0.15) is 0 Å². The molecule has 200 valence electrons. The van der Waals surface area contributed by atoms with Gasteiger partial charge in [-0.25, -0.2) is 9.18 Å². The number of rotatable bonds is 8. The Morgan fingerprint density at radius 2 is 1.74 bits per heavy atom. The number of alkyl halides is 1. The minimum atomic E-state index is -0.831. The van der Waals surface area contributed by atoms with Crippen molar-refractivity contribution in [3.63, 3.8) is 0 Å². The standard InChI is InChI=1S/C27H25ClFNO8/c1-2-34-27(33)22-23(38-20-14-36-24-19(13-35-25(20)24)37-21(31)11-28)17-5-3-4-6-18(17)30(26(22)32)12-15-7-9-16(29)10-8-15/h3-10,19-20,24-25H,2,11-14H2,1H3/t19-,20-,24+,25+/m0/s1. The largest absolute Gasteiger partial charge is 0.483 e. The number of halogens is 2. The van der Waals surface area contributed by atoms with Crippen LogP contribution in [-0.4, -0.2) is 66.6 Å². The van der Waals surface area contributed by atoms with E-state index in [1.165, 1.54) is 16.7 Å². The molecule has 3 aromatic rings. The molecule has 2 fully saturated rings. The molecule has 11 heteroatoms. The summed E-state index contributed by atoms with van der Waals surface area (Å²) < 4.78 is 43.4. The number of fused-ring (bicyclic) bond motifs is 2. The van der Waals surface area contributed by atoms with E-state index in [1.807, 2.05) is 0 Å². The number of para-hydroxylation sites is 1. The average molecular weight is 546 g/mol. The number of carbonyl (C=O) groups is 2. The summed E-state index contributed by atoms with van der Waals surface area (Å²) in [6.45, 7) is 1.97. The maximum absolute atomic E-state index is 13.8. The van der Waals surface area contributed by atoms with E-state index >= 15 is 0 Å².